The lowest BCUT2D eigenvalue weighted by atomic mass is 10.3. The second-order valence-electron chi connectivity index (χ2n) is 4.40. The molecule has 0 radical (unpaired) electrons. The van der Waals surface area contributed by atoms with E-state index < -0.39 is 0 Å². The van der Waals surface area contributed by atoms with Crippen LogP contribution in [0.1, 0.15) is 26.1 Å². The number of rotatable bonds is 6. The maximum absolute atomic E-state index is 4.63. The highest BCUT2D eigenvalue weighted by molar-refractivity contribution is 7.16. The van der Waals surface area contributed by atoms with E-state index in [1.54, 1.807) is 11.3 Å². The molecule has 0 bridgehead atoms. The first-order chi connectivity index (χ1) is 8.74. The van der Waals surface area contributed by atoms with Gasteiger partial charge in [0.2, 0.25) is 0 Å². The lowest BCUT2D eigenvalue weighted by Gasteiger charge is -2.15. The number of hydrogen-bond donors (Lipinski definition) is 1. The number of hydrogen-bond acceptors (Lipinski definition) is 5. The Morgan fingerprint density at radius 1 is 1.33 bits per heavy atom. The monoisotopic (exact) mass is 264 g/mol. The van der Waals surface area contributed by atoms with Crippen molar-refractivity contribution in [2.75, 3.05) is 25.5 Å². The van der Waals surface area contributed by atoms with Gasteiger partial charge in [-0.1, -0.05) is 6.92 Å². The molecule has 0 saturated heterocycles. The van der Waals surface area contributed by atoms with E-state index in [0.717, 1.165) is 47.9 Å². The number of thiophene rings is 1. The molecule has 0 aliphatic carbocycles. The summed E-state index contributed by atoms with van der Waals surface area (Å²) in [5, 5.41) is 6.52. The van der Waals surface area contributed by atoms with E-state index in [0.29, 0.717) is 0 Å². The van der Waals surface area contributed by atoms with Crippen molar-refractivity contribution in [2.45, 2.75) is 26.8 Å². The molecule has 2 rings (SSSR count). The highest BCUT2D eigenvalue weighted by Gasteiger charge is 2.09. The molecule has 0 spiro atoms. The molecule has 0 aliphatic heterocycles. The van der Waals surface area contributed by atoms with Crippen molar-refractivity contribution >= 4 is 27.4 Å². The fourth-order valence-corrected chi connectivity index (χ4v) is 2.76. The quantitative estimate of drug-likeness (QED) is 0.871. The zero-order valence-electron chi connectivity index (χ0n) is 11.2. The van der Waals surface area contributed by atoms with Crippen LogP contribution in [0.3, 0.4) is 0 Å². The standard InChI is InChI=1S/C13H20N4S/c1-4-7-17(3)9-11-15-12(14-5-2)10-6-8-18-13(10)16-11/h6,8H,4-5,7,9H2,1-3H3,(H,14,15,16). The van der Waals surface area contributed by atoms with Crippen LogP contribution < -0.4 is 5.32 Å². The van der Waals surface area contributed by atoms with Crippen molar-refractivity contribution in [1.82, 2.24) is 14.9 Å². The summed E-state index contributed by atoms with van der Waals surface area (Å²) in [5.74, 6) is 1.86. The van der Waals surface area contributed by atoms with Crippen LogP contribution in [0.2, 0.25) is 0 Å². The fourth-order valence-electron chi connectivity index (χ4n) is 1.97. The van der Waals surface area contributed by atoms with Gasteiger partial charge in [0.1, 0.15) is 16.5 Å². The van der Waals surface area contributed by atoms with Crippen molar-refractivity contribution in [3.8, 4) is 0 Å². The van der Waals surface area contributed by atoms with E-state index in [1.807, 2.05) is 0 Å². The van der Waals surface area contributed by atoms with Crippen LogP contribution in [0.15, 0.2) is 11.4 Å². The lowest BCUT2D eigenvalue weighted by molar-refractivity contribution is 0.319. The predicted molar refractivity (Wildman–Crippen MR) is 78.2 cm³/mol. The van der Waals surface area contributed by atoms with E-state index in [9.17, 15) is 0 Å². The molecule has 0 aliphatic rings. The molecule has 0 fully saturated rings. The van der Waals surface area contributed by atoms with Gasteiger partial charge in [-0.25, -0.2) is 9.97 Å². The third-order valence-corrected chi connectivity index (χ3v) is 3.54. The second kappa shape index (κ2) is 6.11. The normalized spacial score (nSPS) is 11.3. The van der Waals surface area contributed by atoms with E-state index in [1.165, 1.54) is 0 Å². The molecule has 0 atom stereocenters. The number of nitrogens with one attached hydrogen (secondary N) is 1. The van der Waals surface area contributed by atoms with Crippen LogP contribution >= 0.6 is 11.3 Å². The van der Waals surface area contributed by atoms with Crippen LogP contribution in [0.25, 0.3) is 10.2 Å². The molecule has 5 heteroatoms. The fraction of sp³-hybridized carbons (Fsp3) is 0.538. The van der Waals surface area contributed by atoms with Gasteiger partial charge in [-0.2, -0.15) is 0 Å². The smallest absolute Gasteiger partial charge is 0.146 e. The average molecular weight is 264 g/mol. The Morgan fingerprint density at radius 3 is 2.89 bits per heavy atom. The van der Waals surface area contributed by atoms with Crippen molar-refractivity contribution in [1.29, 1.82) is 0 Å². The van der Waals surface area contributed by atoms with Crippen LogP contribution in [0.5, 0.6) is 0 Å². The Bertz CT molecular complexity index is 509. The van der Waals surface area contributed by atoms with Crippen molar-refractivity contribution in [2.24, 2.45) is 0 Å². The number of aromatic nitrogens is 2. The molecule has 2 aromatic rings. The lowest BCUT2D eigenvalue weighted by Crippen LogP contribution is -2.20. The highest BCUT2D eigenvalue weighted by Crippen LogP contribution is 2.25. The van der Waals surface area contributed by atoms with Gasteiger partial charge in [0, 0.05) is 6.54 Å². The molecule has 18 heavy (non-hydrogen) atoms. The number of fused-ring (bicyclic) bond motifs is 1. The molecule has 0 aromatic carbocycles. The second-order valence-corrected chi connectivity index (χ2v) is 5.29. The average Bonchev–Trinajstić information content (AvgIpc) is 2.78. The van der Waals surface area contributed by atoms with Gasteiger partial charge in [-0.05, 0) is 38.4 Å². The first-order valence-electron chi connectivity index (χ1n) is 6.41. The summed E-state index contributed by atoms with van der Waals surface area (Å²) in [4.78, 5) is 12.6. The molecule has 98 valence electrons. The summed E-state index contributed by atoms with van der Waals surface area (Å²) >= 11 is 1.67. The molecular weight excluding hydrogens is 244 g/mol. The van der Waals surface area contributed by atoms with E-state index in [-0.39, 0.29) is 0 Å². The summed E-state index contributed by atoms with van der Waals surface area (Å²) in [6.07, 6.45) is 1.15. The summed E-state index contributed by atoms with van der Waals surface area (Å²) in [6, 6.07) is 2.08. The molecule has 4 nitrogen and oxygen atoms in total. The van der Waals surface area contributed by atoms with Gasteiger partial charge >= 0.3 is 0 Å². The zero-order valence-corrected chi connectivity index (χ0v) is 12.0. The molecular formula is C13H20N4S. The Hall–Kier alpha value is -1.20. The summed E-state index contributed by atoms with van der Waals surface area (Å²) in [7, 11) is 2.11. The van der Waals surface area contributed by atoms with E-state index in [4.69, 9.17) is 0 Å². The number of anilines is 1. The molecule has 0 unspecified atom stereocenters. The van der Waals surface area contributed by atoms with Gasteiger partial charge in [0.05, 0.1) is 11.9 Å². The molecule has 2 aromatic heterocycles. The first kappa shape index (κ1) is 13.2. The van der Waals surface area contributed by atoms with E-state index >= 15 is 0 Å². The van der Waals surface area contributed by atoms with Crippen LogP contribution in [0.4, 0.5) is 5.82 Å². The minimum absolute atomic E-state index is 0.806. The SMILES string of the molecule is CCCN(C)Cc1nc(NCC)c2ccsc2n1. The zero-order chi connectivity index (χ0) is 13.0. The molecule has 1 N–H and O–H groups in total. The van der Waals surface area contributed by atoms with Crippen LogP contribution in [0, 0.1) is 0 Å². The Balaban J connectivity index is 2.27. The van der Waals surface area contributed by atoms with Crippen LogP contribution in [-0.4, -0.2) is 35.0 Å². The third-order valence-electron chi connectivity index (χ3n) is 2.73. The summed E-state index contributed by atoms with van der Waals surface area (Å²) < 4.78 is 0. The first-order valence-corrected chi connectivity index (χ1v) is 7.29. The molecule has 0 saturated carbocycles. The minimum atomic E-state index is 0.806. The van der Waals surface area contributed by atoms with E-state index in [2.05, 4.69) is 52.5 Å². The van der Waals surface area contributed by atoms with Crippen LogP contribution in [-0.2, 0) is 6.54 Å². The van der Waals surface area contributed by atoms with Gasteiger partial charge in [0.25, 0.3) is 0 Å². The predicted octanol–water partition coefficient (Wildman–Crippen LogP) is 2.96. The minimum Gasteiger partial charge on any atom is -0.370 e. The Kier molecular flexibility index (Phi) is 4.49. The third kappa shape index (κ3) is 2.97. The Morgan fingerprint density at radius 2 is 2.17 bits per heavy atom. The van der Waals surface area contributed by atoms with Crippen molar-refractivity contribution in [3.63, 3.8) is 0 Å². The number of nitrogens with zero attached hydrogens (tertiary/aromatic N) is 3. The molecule has 2 heterocycles. The summed E-state index contributed by atoms with van der Waals surface area (Å²) in [5.41, 5.74) is 0. The largest absolute Gasteiger partial charge is 0.370 e. The van der Waals surface area contributed by atoms with Crippen molar-refractivity contribution < 1.29 is 0 Å². The van der Waals surface area contributed by atoms with Gasteiger partial charge < -0.3 is 5.32 Å². The molecule has 0 amide bonds. The Labute approximate surface area is 112 Å². The highest BCUT2D eigenvalue weighted by atomic mass is 32.1. The van der Waals surface area contributed by atoms with Gasteiger partial charge in [-0.15, -0.1) is 11.3 Å². The van der Waals surface area contributed by atoms with Crippen molar-refractivity contribution in [3.05, 3.63) is 17.3 Å². The van der Waals surface area contributed by atoms with Gasteiger partial charge in [-0.3, -0.25) is 4.90 Å². The topological polar surface area (TPSA) is 41.1 Å². The maximum Gasteiger partial charge on any atom is 0.146 e. The maximum atomic E-state index is 4.63. The van der Waals surface area contributed by atoms with Gasteiger partial charge in [0.15, 0.2) is 0 Å². The summed E-state index contributed by atoms with van der Waals surface area (Å²) in [6.45, 7) is 7.03.